The summed E-state index contributed by atoms with van der Waals surface area (Å²) in [7, 11) is 0. The smallest absolute Gasteiger partial charge is 0.272 e. The third kappa shape index (κ3) is 3.93. The Hall–Kier alpha value is -2.54. The summed E-state index contributed by atoms with van der Waals surface area (Å²) in [4.78, 5) is 8.72. The number of aryl methyl sites for hydroxylation is 2. The predicted molar refractivity (Wildman–Crippen MR) is 92.9 cm³/mol. The number of benzene rings is 1. The van der Waals surface area contributed by atoms with Gasteiger partial charge in [-0.25, -0.2) is 18.4 Å². The van der Waals surface area contributed by atoms with Gasteiger partial charge in [0, 0.05) is 41.2 Å². The lowest BCUT2D eigenvalue weighted by Crippen LogP contribution is -2.09. The summed E-state index contributed by atoms with van der Waals surface area (Å²) in [5, 5.41) is 7.31. The van der Waals surface area contributed by atoms with E-state index in [4.69, 9.17) is 11.6 Å². The van der Waals surface area contributed by atoms with Crippen molar-refractivity contribution in [2.45, 2.75) is 26.7 Å². The molecule has 2 heterocycles. The molecule has 1 N–H and O–H groups in total. The fourth-order valence-corrected chi connectivity index (χ4v) is 2.62. The van der Waals surface area contributed by atoms with Gasteiger partial charge < -0.3 is 5.32 Å². The summed E-state index contributed by atoms with van der Waals surface area (Å²) in [5.41, 5.74) is 1.78. The van der Waals surface area contributed by atoms with Gasteiger partial charge in [-0.15, -0.1) is 0 Å². The first-order valence-corrected chi connectivity index (χ1v) is 7.93. The molecule has 3 aromatic rings. The first-order valence-electron chi connectivity index (χ1n) is 7.55. The van der Waals surface area contributed by atoms with Gasteiger partial charge in [0.15, 0.2) is 0 Å². The molecule has 5 nitrogen and oxygen atoms in total. The molecule has 3 rings (SSSR count). The number of hydrogen-bond acceptors (Lipinski definition) is 4. The maximum absolute atomic E-state index is 13.6. The molecule has 0 aliphatic rings. The Morgan fingerprint density at radius 3 is 2.48 bits per heavy atom. The van der Waals surface area contributed by atoms with E-state index in [-0.39, 0.29) is 10.6 Å². The first kappa shape index (κ1) is 17.3. The van der Waals surface area contributed by atoms with Gasteiger partial charge in [0.25, 0.3) is 11.9 Å². The van der Waals surface area contributed by atoms with Gasteiger partial charge in [-0.05, 0) is 38.1 Å². The first-order chi connectivity index (χ1) is 11.7. The summed E-state index contributed by atoms with van der Waals surface area (Å²) in [6.45, 7) is 4.50. The molecule has 0 aliphatic carbocycles. The van der Waals surface area contributed by atoms with Crippen molar-refractivity contribution in [1.82, 2.24) is 19.7 Å². The Bertz CT molecular complexity index is 918. The van der Waals surface area contributed by atoms with E-state index < -0.39 is 5.92 Å². The molecule has 2 aromatic heterocycles. The van der Waals surface area contributed by atoms with Gasteiger partial charge >= 0.3 is 0 Å². The molecular weight excluding hydrogens is 348 g/mol. The molecule has 0 aliphatic heterocycles. The molecular formula is C17H16ClF2N5. The molecule has 0 saturated carbocycles. The highest BCUT2D eigenvalue weighted by molar-refractivity contribution is 6.31. The van der Waals surface area contributed by atoms with Crippen LogP contribution in [0.2, 0.25) is 5.02 Å². The normalized spacial score (nSPS) is 11.6. The molecule has 0 spiro atoms. The molecule has 0 bridgehead atoms. The fourth-order valence-electron chi connectivity index (χ4n) is 2.33. The maximum atomic E-state index is 13.6. The number of aromatic nitrogens is 4. The van der Waals surface area contributed by atoms with Crippen LogP contribution in [0.25, 0.3) is 5.95 Å². The highest BCUT2D eigenvalue weighted by atomic mass is 35.5. The van der Waals surface area contributed by atoms with Crippen LogP contribution in [0.1, 0.15) is 23.9 Å². The Morgan fingerprint density at radius 2 is 1.84 bits per heavy atom. The SMILES string of the molecule is Cc1cc(Nc2ccc(Cl)c(C(C)(F)F)c2)nc(-n2ccc(C)n2)n1. The number of nitrogens with zero attached hydrogens (tertiary/aromatic N) is 4. The average Bonchev–Trinajstić information content (AvgIpc) is 2.94. The van der Waals surface area contributed by atoms with Crippen molar-refractivity contribution < 1.29 is 8.78 Å². The molecule has 25 heavy (non-hydrogen) atoms. The minimum atomic E-state index is -3.03. The summed E-state index contributed by atoms with van der Waals surface area (Å²) >= 11 is 5.87. The van der Waals surface area contributed by atoms with Crippen LogP contribution in [0.15, 0.2) is 36.5 Å². The second kappa shape index (κ2) is 6.40. The van der Waals surface area contributed by atoms with E-state index >= 15 is 0 Å². The minimum Gasteiger partial charge on any atom is -0.340 e. The van der Waals surface area contributed by atoms with E-state index in [9.17, 15) is 8.78 Å². The summed E-state index contributed by atoms with van der Waals surface area (Å²) in [6, 6.07) is 7.93. The molecule has 0 atom stereocenters. The van der Waals surface area contributed by atoms with Crippen molar-refractivity contribution >= 4 is 23.1 Å². The number of anilines is 2. The molecule has 0 amide bonds. The van der Waals surface area contributed by atoms with Gasteiger partial charge in [-0.2, -0.15) is 10.1 Å². The van der Waals surface area contributed by atoms with Crippen molar-refractivity contribution in [3.63, 3.8) is 0 Å². The van der Waals surface area contributed by atoms with Crippen LogP contribution in [0, 0.1) is 13.8 Å². The molecule has 1 aromatic carbocycles. The van der Waals surface area contributed by atoms with Crippen LogP contribution in [0.3, 0.4) is 0 Å². The lowest BCUT2D eigenvalue weighted by Gasteiger charge is -2.15. The van der Waals surface area contributed by atoms with Crippen LogP contribution in [-0.2, 0) is 5.92 Å². The fraction of sp³-hybridized carbons (Fsp3) is 0.235. The van der Waals surface area contributed by atoms with E-state index in [0.29, 0.717) is 17.5 Å². The number of rotatable bonds is 4. The molecule has 8 heteroatoms. The van der Waals surface area contributed by atoms with Crippen LogP contribution in [0.4, 0.5) is 20.3 Å². The summed E-state index contributed by atoms with van der Waals surface area (Å²) in [5.74, 6) is -2.16. The Balaban J connectivity index is 1.95. The lowest BCUT2D eigenvalue weighted by atomic mass is 10.1. The van der Waals surface area contributed by atoms with Gasteiger partial charge in [-0.3, -0.25) is 0 Å². The number of nitrogens with one attached hydrogen (secondary N) is 1. The van der Waals surface area contributed by atoms with E-state index in [1.54, 1.807) is 23.0 Å². The van der Waals surface area contributed by atoms with E-state index in [2.05, 4.69) is 20.4 Å². The van der Waals surface area contributed by atoms with E-state index in [0.717, 1.165) is 18.3 Å². The van der Waals surface area contributed by atoms with Gasteiger partial charge in [0.1, 0.15) is 5.82 Å². The zero-order valence-corrected chi connectivity index (χ0v) is 14.6. The van der Waals surface area contributed by atoms with Crippen molar-refractivity contribution in [3.05, 3.63) is 58.5 Å². The van der Waals surface area contributed by atoms with E-state index in [1.807, 2.05) is 19.9 Å². The highest BCUT2D eigenvalue weighted by Crippen LogP contribution is 2.35. The minimum absolute atomic E-state index is 0.0182. The number of alkyl halides is 2. The van der Waals surface area contributed by atoms with Gasteiger partial charge in [-0.1, -0.05) is 11.6 Å². The molecule has 130 valence electrons. The van der Waals surface area contributed by atoms with Crippen LogP contribution < -0.4 is 5.32 Å². The molecule has 0 radical (unpaired) electrons. The Kier molecular flexibility index (Phi) is 4.43. The zero-order valence-electron chi connectivity index (χ0n) is 13.9. The third-order valence-corrected chi connectivity index (χ3v) is 3.81. The number of hydrogen-bond donors (Lipinski definition) is 1. The van der Waals surface area contributed by atoms with Crippen molar-refractivity contribution in [3.8, 4) is 5.95 Å². The zero-order chi connectivity index (χ0) is 18.2. The second-order valence-electron chi connectivity index (χ2n) is 5.80. The molecule has 0 fully saturated rings. The van der Waals surface area contributed by atoms with Crippen LogP contribution >= 0.6 is 11.6 Å². The van der Waals surface area contributed by atoms with Crippen molar-refractivity contribution in [1.29, 1.82) is 0 Å². The Labute approximate surface area is 148 Å². The molecule has 0 saturated heterocycles. The van der Waals surface area contributed by atoms with E-state index in [1.165, 1.54) is 12.1 Å². The highest BCUT2D eigenvalue weighted by Gasteiger charge is 2.27. The average molecular weight is 364 g/mol. The maximum Gasteiger partial charge on any atom is 0.272 e. The second-order valence-corrected chi connectivity index (χ2v) is 6.21. The van der Waals surface area contributed by atoms with Crippen molar-refractivity contribution in [2.24, 2.45) is 0 Å². The van der Waals surface area contributed by atoms with Gasteiger partial charge in [0.05, 0.1) is 5.69 Å². The summed E-state index contributed by atoms with van der Waals surface area (Å²) < 4.78 is 28.8. The predicted octanol–water partition coefficient (Wildman–Crippen LogP) is 4.79. The van der Waals surface area contributed by atoms with Crippen LogP contribution in [0.5, 0.6) is 0 Å². The number of halogens is 3. The van der Waals surface area contributed by atoms with Gasteiger partial charge in [0.2, 0.25) is 0 Å². The molecule has 0 unspecified atom stereocenters. The standard InChI is InChI=1S/C17H16ClF2N5/c1-10-6-7-25(24-10)16-21-11(2)8-15(23-16)22-12-4-5-14(18)13(9-12)17(3,19)20/h4-9H,1-3H3,(H,21,22,23). The lowest BCUT2D eigenvalue weighted by molar-refractivity contribution is 0.0176. The quantitative estimate of drug-likeness (QED) is 0.724. The third-order valence-electron chi connectivity index (χ3n) is 3.48. The summed E-state index contributed by atoms with van der Waals surface area (Å²) in [6.07, 6.45) is 1.76. The largest absolute Gasteiger partial charge is 0.340 e. The monoisotopic (exact) mass is 363 g/mol. The van der Waals surface area contributed by atoms with Crippen LogP contribution in [-0.4, -0.2) is 19.7 Å². The Morgan fingerprint density at radius 1 is 1.08 bits per heavy atom. The van der Waals surface area contributed by atoms with Crippen molar-refractivity contribution in [2.75, 3.05) is 5.32 Å². The topological polar surface area (TPSA) is 55.6 Å².